The molecular weight excluding hydrogens is 226 g/mol. The van der Waals surface area contributed by atoms with Crippen molar-refractivity contribution in [1.82, 2.24) is 5.32 Å². The van der Waals surface area contributed by atoms with Crippen LogP contribution in [0.5, 0.6) is 0 Å². The van der Waals surface area contributed by atoms with Crippen molar-refractivity contribution in [2.45, 2.75) is 6.42 Å². The number of carbonyl (C=O) groups excluding carboxylic acids is 1. The van der Waals surface area contributed by atoms with E-state index in [2.05, 4.69) is 34.2 Å². The summed E-state index contributed by atoms with van der Waals surface area (Å²) in [4.78, 5) is 12.9. The number of anilines is 1. The number of nitrogens with two attached hydrogens (primary N) is 1. The zero-order chi connectivity index (χ0) is 12.8. The van der Waals surface area contributed by atoms with Gasteiger partial charge in [0.15, 0.2) is 0 Å². The lowest BCUT2D eigenvalue weighted by Crippen LogP contribution is -2.43. The molecule has 94 valence electrons. The number of amides is 1. The average Bonchev–Trinajstić information content (AvgIpc) is 2.40. The molecule has 0 atom stereocenters. The van der Waals surface area contributed by atoms with Gasteiger partial charge in [-0.05, 0) is 18.2 Å². The maximum Gasteiger partial charge on any atom is 0.229 e. The number of nitrogens with one attached hydrogen (secondary N) is 1. The van der Waals surface area contributed by atoms with E-state index in [1.165, 1.54) is 5.69 Å². The van der Waals surface area contributed by atoms with Gasteiger partial charge in [-0.3, -0.25) is 4.79 Å². The van der Waals surface area contributed by atoms with Crippen molar-refractivity contribution in [2.24, 2.45) is 5.73 Å². The fraction of sp³-hybridized carbons (Fsp3) is 0.357. The maximum absolute atomic E-state index is 10.6. The molecular formula is C14H17N3O. The van der Waals surface area contributed by atoms with Crippen molar-refractivity contribution in [3.05, 3.63) is 29.8 Å². The normalized spacial score (nSPS) is 14.8. The summed E-state index contributed by atoms with van der Waals surface area (Å²) in [6.07, 6.45) is 0.109. The number of nitrogens with zero attached hydrogens (tertiary/aromatic N) is 1. The summed E-state index contributed by atoms with van der Waals surface area (Å²) < 4.78 is 0. The largest absolute Gasteiger partial charge is 0.369 e. The van der Waals surface area contributed by atoms with Crippen LogP contribution in [0.15, 0.2) is 24.3 Å². The summed E-state index contributed by atoms with van der Waals surface area (Å²) in [5.74, 6) is 5.35. The number of carbonyl (C=O) groups is 1. The predicted molar refractivity (Wildman–Crippen MR) is 72.2 cm³/mol. The molecule has 1 aliphatic rings. The Kier molecular flexibility index (Phi) is 4.21. The summed E-state index contributed by atoms with van der Waals surface area (Å²) in [7, 11) is 0. The summed E-state index contributed by atoms with van der Waals surface area (Å²) in [6, 6.07) is 8.08. The maximum atomic E-state index is 10.6. The van der Waals surface area contributed by atoms with Gasteiger partial charge in [0, 0.05) is 37.4 Å². The molecule has 0 aromatic heterocycles. The van der Waals surface area contributed by atoms with Crippen molar-refractivity contribution in [1.29, 1.82) is 0 Å². The number of hydrogen-bond acceptors (Lipinski definition) is 3. The van der Waals surface area contributed by atoms with Crippen LogP contribution in [-0.4, -0.2) is 32.1 Å². The van der Waals surface area contributed by atoms with E-state index in [1.54, 1.807) is 0 Å². The molecule has 18 heavy (non-hydrogen) atoms. The second-order valence-electron chi connectivity index (χ2n) is 4.23. The van der Waals surface area contributed by atoms with Crippen LogP contribution in [0, 0.1) is 11.8 Å². The van der Waals surface area contributed by atoms with E-state index in [9.17, 15) is 4.79 Å². The molecule has 0 unspecified atom stereocenters. The third-order valence-electron chi connectivity index (χ3n) is 2.82. The van der Waals surface area contributed by atoms with Crippen molar-refractivity contribution in [2.75, 3.05) is 31.1 Å². The highest BCUT2D eigenvalue weighted by Crippen LogP contribution is 2.16. The van der Waals surface area contributed by atoms with Gasteiger partial charge in [-0.2, -0.15) is 0 Å². The van der Waals surface area contributed by atoms with Gasteiger partial charge in [-0.1, -0.05) is 17.9 Å². The van der Waals surface area contributed by atoms with Crippen LogP contribution in [0.1, 0.15) is 12.0 Å². The first-order valence-electron chi connectivity index (χ1n) is 6.08. The van der Waals surface area contributed by atoms with Gasteiger partial charge in [0.05, 0.1) is 6.42 Å². The quantitative estimate of drug-likeness (QED) is 0.736. The summed E-state index contributed by atoms with van der Waals surface area (Å²) >= 11 is 0. The van der Waals surface area contributed by atoms with E-state index in [0.717, 1.165) is 31.7 Å². The number of hydrogen-bond donors (Lipinski definition) is 2. The number of piperazine rings is 1. The van der Waals surface area contributed by atoms with Crippen molar-refractivity contribution >= 4 is 11.6 Å². The van der Waals surface area contributed by atoms with Gasteiger partial charge in [0.25, 0.3) is 0 Å². The van der Waals surface area contributed by atoms with Crippen molar-refractivity contribution in [3.63, 3.8) is 0 Å². The van der Waals surface area contributed by atoms with E-state index >= 15 is 0 Å². The van der Waals surface area contributed by atoms with Crippen LogP contribution < -0.4 is 16.0 Å². The lowest BCUT2D eigenvalue weighted by molar-refractivity contribution is -0.117. The molecule has 1 aromatic carbocycles. The van der Waals surface area contributed by atoms with E-state index in [4.69, 9.17) is 5.73 Å². The number of benzene rings is 1. The standard InChI is InChI=1S/C14H17N3O/c15-14(18)6-2-4-12-3-1-5-13(11-12)17-9-7-16-8-10-17/h1,3,5,11,16H,6-10H2,(H2,15,18). The first-order valence-corrected chi connectivity index (χ1v) is 6.08. The van der Waals surface area contributed by atoms with Crippen LogP contribution >= 0.6 is 0 Å². The minimum Gasteiger partial charge on any atom is -0.369 e. The molecule has 1 fully saturated rings. The molecule has 1 aliphatic heterocycles. The Morgan fingerprint density at radius 1 is 1.39 bits per heavy atom. The van der Waals surface area contributed by atoms with Gasteiger partial charge in [0.1, 0.15) is 0 Å². The fourth-order valence-corrected chi connectivity index (χ4v) is 1.94. The van der Waals surface area contributed by atoms with Crippen LogP contribution in [0.2, 0.25) is 0 Å². The SMILES string of the molecule is NC(=O)CC#Cc1cccc(N2CCNCC2)c1. The van der Waals surface area contributed by atoms with Gasteiger partial charge in [-0.15, -0.1) is 0 Å². The summed E-state index contributed by atoms with van der Waals surface area (Å²) in [5.41, 5.74) is 7.15. The number of primary amides is 1. The number of rotatable bonds is 2. The summed E-state index contributed by atoms with van der Waals surface area (Å²) in [5, 5.41) is 3.32. The van der Waals surface area contributed by atoms with Crippen LogP contribution in [0.25, 0.3) is 0 Å². The van der Waals surface area contributed by atoms with Crippen molar-refractivity contribution < 1.29 is 4.79 Å². The predicted octanol–water partition coefficient (Wildman–Crippen LogP) is 0.323. The molecule has 1 saturated heterocycles. The highest BCUT2D eigenvalue weighted by Gasteiger charge is 2.09. The third-order valence-corrected chi connectivity index (χ3v) is 2.82. The molecule has 0 saturated carbocycles. The van der Waals surface area contributed by atoms with Crippen molar-refractivity contribution in [3.8, 4) is 11.8 Å². The second kappa shape index (κ2) is 6.08. The Labute approximate surface area is 107 Å². The highest BCUT2D eigenvalue weighted by atomic mass is 16.1. The lowest BCUT2D eigenvalue weighted by atomic mass is 10.1. The average molecular weight is 243 g/mol. The first kappa shape index (κ1) is 12.5. The Hall–Kier alpha value is -1.99. The van der Waals surface area contributed by atoms with Crippen LogP contribution in [0.3, 0.4) is 0 Å². The minimum atomic E-state index is -0.388. The molecule has 4 heteroatoms. The van der Waals surface area contributed by atoms with Gasteiger partial charge >= 0.3 is 0 Å². The van der Waals surface area contributed by atoms with Gasteiger partial charge < -0.3 is 16.0 Å². The molecule has 2 rings (SSSR count). The second-order valence-corrected chi connectivity index (χ2v) is 4.23. The molecule has 0 radical (unpaired) electrons. The molecule has 0 aliphatic carbocycles. The Morgan fingerprint density at radius 3 is 2.89 bits per heavy atom. The van der Waals surface area contributed by atoms with Crippen LogP contribution in [0.4, 0.5) is 5.69 Å². The minimum absolute atomic E-state index is 0.109. The fourth-order valence-electron chi connectivity index (χ4n) is 1.94. The molecule has 1 amide bonds. The monoisotopic (exact) mass is 243 g/mol. The zero-order valence-corrected chi connectivity index (χ0v) is 10.3. The summed E-state index contributed by atoms with van der Waals surface area (Å²) in [6.45, 7) is 4.05. The van der Waals surface area contributed by atoms with Gasteiger partial charge in [-0.25, -0.2) is 0 Å². The molecule has 4 nitrogen and oxygen atoms in total. The van der Waals surface area contributed by atoms with E-state index < -0.39 is 0 Å². The van der Waals surface area contributed by atoms with E-state index in [0.29, 0.717) is 0 Å². The topological polar surface area (TPSA) is 58.4 Å². The lowest BCUT2D eigenvalue weighted by Gasteiger charge is -2.29. The van der Waals surface area contributed by atoms with E-state index in [1.807, 2.05) is 12.1 Å². The zero-order valence-electron chi connectivity index (χ0n) is 10.3. The Bertz CT molecular complexity index is 481. The molecule has 1 heterocycles. The smallest absolute Gasteiger partial charge is 0.229 e. The van der Waals surface area contributed by atoms with E-state index in [-0.39, 0.29) is 12.3 Å². The molecule has 3 N–H and O–H groups in total. The van der Waals surface area contributed by atoms with Crippen LogP contribution in [-0.2, 0) is 4.79 Å². The van der Waals surface area contributed by atoms with Gasteiger partial charge in [0.2, 0.25) is 5.91 Å². The Morgan fingerprint density at radius 2 is 2.17 bits per heavy atom. The highest BCUT2D eigenvalue weighted by molar-refractivity contribution is 5.76. The molecule has 1 aromatic rings. The molecule has 0 spiro atoms. The molecule has 0 bridgehead atoms. The third kappa shape index (κ3) is 3.51. The Balaban J connectivity index is 2.08. The first-order chi connectivity index (χ1) is 8.75.